The quantitative estimate of drug-likeness (QED) is 0.819. The summed E-state index contributed by atoms with van der Waals surface area (Å²) in [7, 11) is 0. The van der Waals surface area contributed by atoms with Gasteiger partial charge in [-0.15, -0.1) is 0 Å². The van der Waals surface area contributed by atoms with Crippen LogP contribution in [0.2, 0.25) is 0 Å². The largest absolute Gasteiger partial charge is 0.490 e. The second-order valence-electron chi connectivity index (χ2n) is 4.40. The van der Waals surface area contributed by atoms with Crippen molar-refractivity contribution in [3.8, 4) is 11.4 Å². The van der Waals surface area contributed by atoms with E-state index in [1.165, 1.54) is 6.20 Å². The summed E-state index contributed by atoms with van der Waals surface area (Å²) in [4.78, 5) is 3.36. The lowest BCUT2D eigenvalue weighted by Gasteiger charge is -2.14. The first-order valence-electron chi connectivity index (χ1n) is 5.86. The zero-order valence-corrected chi connectivity index (χ0v) is 12.4. The van der Waals surface area contributed by atoms with Crippen LogP contribution in [0.3, 0.4) is 0 Å². The van der Waals surface area contributed by atoms with Crippen LogP contribution in [0.25, 0.3) is 5.69 Å². The molecule has 108 valence electrons. The van der Waals surface area contributed by atoms with Gasteiger partial charge in [0.2, 0.25) is 5.82 Å². The van der Waals surface area contributed by atoms with Crippen LogP contribution in [0.5, 0.6) is 5.75 Å². The third kappa shape index (κ3) is 3.15. The average Bonchev–Trinajstić information content (AvgIpc) is 2.80. The monoisotopic (exact) mass is 348 g/mol. The van der Waals surface area contributed by atoms with E-state index in [4.69, 9.17) is 4.74 Å². The van der Waals surface area contributed by atoms with Crippen molar-refractivity contribution in [2.75, 3.05) is 0 Å². The number of alkyl halides is 3. The molecule has 0 atom stereocenters. The standard InChI is InChI=1S/C13H12BrF3N2O/c1-8(2)20-11-4-3-9(7-10(11)14)19-6-5-18-12(19)13(15,16)17/h3-8H,1-2H3. The number of imidazole rings is 1. The van der Waals surface area contributed by atoms with E-state index in [0.29, 0.717) is 15.9 Å². The fourth-order valence-corrected chi connectivity index (χ4v) is 2.17. The van der Waals surface area contributed by atoms with Crippen molar-refractivity contribution in [3.63, 3.8) is 0 Å². The van der Waals surface area contributed by atoms with Gasteiger partial charge in [0.25, 0.3) is 0 Å². The van der Waals surface area contributed by atoms with E-state index in [-0.39, 0.29) is 6.10 Å². The summed E-state index contributed by atoms with van der Waals surface area (Å²) in [5, 5.41) is 0. The number of nitrogens with zero attached hydrogens (tertiary/aromatic N) is 2. The topological polar surface area (TPSA) is 27.1 Å². The fraction of sp³-hybridized carbons (Fsp3) is 0.308. The Morgan fingerprint density at radius 3 is 2.55 bits per heavy atom. The Bertz CT molecular complexity index is 608. The second-order valence-corrected chi connectivity index (χ2v) is 5.25. The summed E-state index contributed by atoms with van der Waals surface area (Å²) < 4.78 is 45.5. The third-order valence-corrected chi connectivity index (χ3v) is 3.07. The molecule has 2 rings (SSSR count). The first-order chi connectivity index (χ1) is 9.29. The molecule has 0 spiro atoms. The third-order valence-electron chi connectivity index (χ3n) is 2.45. The van der Waals surface area contributed by atoms with Crippen molar-refractivity contribution in [2.45, 2.75) is 26.1 Å². The highest BCUT2D eigenvalue weighted by Gasteiger charge is 2.36. The maximum atomic E-state index is 12.8. The zero-order valence-electron chi connectivity index (χ0n) is 10.8. The number of hydrogen-bond donors (Lipinski definition) is 0. The van der Waals surface area contributed by atoms with Crippen molar-refractivity contribution in [1.29, 1.82) is 0 Å². The lowest BCUT2D eigenvalue weighted by atomic mass is 10.3. The van der Waals surface area contributed by atoms with E-state index >= 15 is 0 Å². The Morgan fingerprint density at radius 1 is 1.30 bits per heavy atom. The SMILES string of the molecule is CC(C)Oc1ccc(-n2ccnc2C(F)(F)F)cc1Br. The van der Waals surface area contributed by atoms with Crippen LogP contribution >= 0.6 is 15.9 Å². The van der Waals surface area contributed by atoms with Crippen molar-refractivity contribution in [1.82, 2.24) is 9.55 Å². The number of aromatic nitrogens is 2. The average molecular weight is 349 g/mol. The summed E-state index contributed by atoms with van der Waals surface area (Å²) in [6, 6.07) is 4.74. The summed E-state index contributed by atoms with van der Waals surface area (Å²) in [6.07, 6.45) is -2.12. The molecule has 0 unspecified atom stereocenters. The Kier molecular flexibility index (Phi) is 4.08. The molecule has 0 amide bonds. The molecule has 0 bridgehead atoms. The molecule has 3 nitrogen and oxygen atoms in total. The minimum atomic E-state index is -4.50. The molecule has 0 radical (unpaired) electrons. The van der Waals surface area contributed by atoms with Gasteiger partial charge in [0, 0.05) is 18.1 Å². The van der Waals surface area contributed by atoms with Crippen LogP contribution in [0, 0.1) is 0 Å². The molecule has 0 aliphatic heterocycles. The van der Waals surface area contributed by atoms with Crippen LogP contribution < -0.4 is 4.74 Å². The number of hydrogen-bond acceptors (Lipinski definition) is 2. The zero-order chi connectivity index (χ0) is 14.9. The van der Waals surface area contributed by atoms with Gasteiger partial charge in [0.05, 0.1) is 10.6 Å². The first kappa shape index (κ1) is 14.9. The number of ether oxygens (including phenoxy) is 1. The molecular formula is C13H12BrF3N2O. The molecule has 1 aromatic carbocycles. The molecule has 7 heteroatoms. The van der Waals surface area contributed by atoms with Crippen LogP contribution in [-0.4, -0.2) is 15.7 Å². The van der Waals surface area contributed by atoms with Crippen LogP contribution in [0.15, 0.2) is 35.1 Å². The molecule has 1 aromatic heterocycles. The van der Waals surface area contributed by atoms with Crippen LogP contribution in [0.4, 0.5) is 13.2 Å². The van der Waals surface area contributed by atoms with Crippen molar-refractivity contribution in [2.24, 2.45) is 0 Å². The van der Waals surface area contributed by atoms with Crippen molar-refractivity contribution in [3.05, 3.63) is 40.9 Å². The molecule has 20 heavy (non-hydrogen) atoms. The number of rotatable bonds is 3. The van der Waals surface area contributed by atoms with Gasteiger partial charge < -0.3 is 4.74 Å². The van der Waals surface area contributed by atoms with Crippen molar-refractivity contribution < 1.29 is 17.9 Å². The van der Waals surface area contributed by atoms with Gasteiger partial charge in [-0.3, -0.25) is 4.57 Å². The fourth-order valence-electron chi connectivity index (χ4n) is 1.71. The van der Waals surface area contributed by atoms with Gasteiger partial charge >= 0.3 is 6.18 Å². The summed E-state index contributed by atoms with van der Waals surface area (Å²) in [6.45, 7) is 3.75. The Hall–Kier alpha value is -1.50. The second kappa shape index (κ2) is 5.47. The molecule has 0 aliphatic rings. The van der Waals surface area contributed by atoms with E-state index in [0.717, 1.165) is 10.8 Å². The van der Waals surface area contributed by atoms with E-state index in [2.05, 4.69) is 20.9 Å². The number of benzene rings is 1. The van der Waals surface area contributed by atoms with Gasteiger partial charge in [-0.2, -0.15) is 13.2 Å². The lowest BCUT2D eigenvalue weighted by molar-refractivity contribution is -0.145. The van der Waals surface area contributed by atoms with Gasteiger partial charge in [-0.1, -0.05) is 0 Å². The minimum absolute atomic E-state index is 0.0175. The highest BCUT2D eigenvalue weighted by Crippen LogP contribution is 2.32. The normalized spacial score (nSPS) is 11.9. The van der Waals surface area contributed by atoms with Crippen LogP contribution in [0.1, 0.15) is 19.7 Å². The molecule has 2 aromatic rings. The molecule has 0 saturated heterocycles. The van der Waals surface area contributed by atoms with Crippen LogP contribution in [-0.2, 0) is 6.18 Å². The number of halogens is 4. The minimum Gasteiger partial charge on any atom is -0.490 e. The van der Waals surface area contributed by atoms with Gasteiger partial charge in [0.1, 0.15) is 5.75 Å². The Morgan fingerprint density at radius 2 is 2.00 bits per heavy atom. The molecule has 0 fully saturated rings. The molecule has 0 N–H and O–H groups in total. The van der Waals surface area contributed by atoms with Gasteiger partial charge in [0.15, 0.2) is 0 Å². The van der Waals surface area contributed by atoms with E-state index in [9.17, 15) is 13.2 Å². The van der Waals surface area contributed by atoms with Gasteiger partial charge in [-0.25, -0.2) is 4.98 Å². The van der Waals surface area contributed by atoms with E-state index in [1.54, 1.807) is 18.2 Å². The van der Waals surface area contributed by atoms with Gasteiger partial charge in [-0.05, 0) is 48.0 Å². The molecule has 0 aliphatic carbocycles. The molecule has 0 saturated carbocycles. The summed E-state index contributed by atoms with van der Waals surface area (Å²) in [5.41, 5.74) is 0.359. The predicted octanol–water partition coefficient (Wildman–Crippen LogP) is 4.44. The first-order valence-corrected chi connectivity index (χ1v) is 6.65. The maximum Gasteiger partial charge on any atom is 0.450 e. The maximum absolute atomic E-state index is 12.8. The Balaban J connectivity index is 2.40. The highest BCUT2D eigenvalue weighted by atomic mass is 79.9. The van der Waals surface area contributed by atoms with E-state index < -0.39 is 12.0 Å². The summed E-state index contributed by atoms with van der Waals surface area (Å²) in [5.74, 6) is -0.376. The smallest absolute Gasteiger partial charge is 0.450 e. The van der Waals surface area contributed by atoms with E-state index in [1.807, 2.05) is 13.8 Å². The summed E-state index contributed by atoms with van der Waals surface area (Å²) >= 11 is 3.30. The lowest BCUT2D eigenvalue weighted by Crippen LogP contribution is -2.13. The Labute approximate surface area is 122 Å². The van der Waals surface area contributed by atoms with Crippen molar-refractivity contribution >= 4 is 15.9 Å². The highest BCUT2D eigenvalue weighted by molar-refractivity contribution is 9.10. The molecular weight excluding hydrogens is 337 g/mol. The predicted molar refractivity (Wildman–Crippen MR) is 72.0 cm³/mol. The molecule has 1 heterocycles.